The molecule has 0 radical (unpaired) electrons. The number of carbonyl (C=O) groups is 6. The van der Waals surface area contributed by atoms with Gasteiger partial charge in [0.1, 0.15) is 29.2 Å². The summed E-state index contributed by atoms with van der Waals surface area (Å²) >= 11 is 0. The normalized spacial score (nSPS) is 15.3. The molecule has 1 aromatic rings. The van der Waals surface area contributed by atoms with Crippen LogP contribution < -0.4 is 26.6 Å². The number of ether oxygens (including phenoxy) is 1. The minimum Gasteiger partial charge on any atom is -0.467 e. The fourth-order valence-corrected chi connectivity index (χ4v) is 5.71. The van der Waals surface area contributed by atoms with Gasteiger partial charge in [-0.25, -0.2) is 4.79 Å². The fraction of sp³-hybridized carbons (Fsp3) is 0.700. The highest BCUT2D eigenvalue weighted by molar-refractivity contribution is 5.98. The maximum absolute atomic E-state index is 13.9. The fourth-order valence-electron chi connectivity index (χ4n) is 5.71. The SMILES string of the molecule is CCCCCCCC(=O)N[C@@H](CC(C)C)C(=O)N[C@@](C)(CC)C(=O)N[C@@H](CC(C)C)C(=O)N[C@@](C)(CC)C(=O)N[C@@H](Cc1ccccc1)C(=O)OC. The quantitative estimate of drug-likeness (QED) is 0.0746. The number of carbonyl (C=O) groups excluding carboxylic acids is 6. The first-order valence-electron chi connectivity index (χ1n) is 19.1. The lowest BCUT2D eigenvalue weighted by Gasteiger charge is -2.35. The summed E-state index contributed by atoms with van der Waals surface area (Å²) in [5, 5.41) is 14.2. The number of amides is 5. The Kier molecular flexibility index (Phi) is 20.3. The highest BCUT2D eigenvalue weighted by atomic mass is 16.5. The van der Waals surface area contributed by atoms with Crippen LogP contribution in [0.5, 0.6) is 0 Å². The summed E-state index contributed by atoms with van der Waals surface area (Å²) in [6.07, 6.45) is 6.58. The van der Waals surface area contributed by atoms with Crippen LogP contribution >= 0.6 is 0 Å². The summed E-state index contributed by atoms with van der Waals surface area (Å²) in [5.41, 5.74) is -2.01. The molecule has 12 heteroatoms. The van der Waals surface area contributed by atoms with Gasteiger partial charge in [0.2, 0.25) is 29.5 Å². The summed E-state index contributed by atoms with van der Waals surface area (Å²) in [5.74, 6) is -2.91. The Labute approximate surface area is 312 Å². The van der Waals surface area contributed by atoms with Crippen molar-refractivity contribution in [3.05, 3.63) is 35.9 Å². The maximum Gasteiger partial charge on any atom is 0.328 e. The monoisotopic (exact) mass is 730 g/mol. The van der Waals surface area contributed by atoms with Crippen molar-refractivity contribution in [2.75, 3.05) is 7.11 Å². The molecule has 1 aromatic carbocycles. The van der Waals surface area contributed by atoms with Gasteiger partial charge in [-0.15, -0.1) is 0 Å². The van der Waals surface area contributed by atoms with Gasteiger partial charge in [-0.3, -0.25) is 24.0 Å². The van der Waals surface area contributed by atoms with E-state index in [2.05, 4.69) is 33.5 Å². The highest BCUT2D eigenvalue weighted by Crippen LogP contribution is 2.17. The maximum atomic E-state index is 13.9. The number of rotatable bonds is 24. The summed E-state index contributed by atoms with van der Waals surface area (Å²) in [6, 6.07) is 6.35. The van der Waals surface area contributed by atoms with Gasteiger partial charge in [0.15, 0.2) is 0 Å². The largest absolute Gasteiger partial charge is 0.467 e. The minimum atomic E-state index is -1.43. The second-order valence-electron chi connectivity index (χ2n) is 15.2. The topological polar surface area (TPSA) is 172 Å². The van der Waals surface area contributed by atoms with E-state index in [1.165, 1.54) is 7.11 Å². The van der Waals surface area contributed by atoms with Crippen LogP contribution in [0.25, 0.3) is 0 Å². The van der Waals surface area contributed by atoms with Crippen LogP contribution in [0.3, 0.4) is 0 Å². The Bertz CT molecular complexity index is 1300. The smallest absolute Gasteiger partial charge is 0.328 e. The Morgan fingerprint density at radius 2 is 1.12 bits per heavy atom. The van der Waals surface area contributed by atoms with Gasteiger partial charge < -0.3 is 31.3 Å². The minimum absolute atomic E-state index is 0.0117. The van der Waals surface area contributed by atoms with E-state index >= 15 is 0 Å². The predicted molar refractivity (Wildman–Crippen MR) is 204 cm³/mol. The number of hydrogen-bond acceptors (Lipinski definition) is 7. The molecule has 0 aliphatic heterocycles. The van der Waals surface area contributed by atoms with Gasteiger partial charge >= 0.3 is 5.97 Å². The molecule has 0 saturated heterocycles. The first kappa shape index (κ1) is 46.1. The number of methoxy groups -OCH3 is 1. The zero-order valence-electron chi connectivity index (χ0n) is 33.4. The lowest BCUT2D eigenvalue weighted by atomic mass is 9.92. The number of unbranched alkanes of at least 4 members (excludes halogenated alkanes) is 4. The van der Waals surface area contributed by atoms with Gasteiger partial charge in [-0.1, -0.05) is 104 Å². The van der Waals surface area contributed by atoms with Gasteiger partial charge in [0.25, 0.3) is 0 Å². The van der Waals surface area contributed by atoms with Crippen LogP contribution in [0.4, 0.5) is 0 Å². The zero-order chi connectivity index (χ0) is 39.5. The van der Waals surface area contributed by atoms with Crippen molar-refractivity contribution in [3.63, 3.8) is 0 Å². The van der Waals surface area contributed by atoms with E-state index in [0.717, 1.165) is 37.7 Å². The van der Waals surface area contributed by atoms with E-state index in [1.54, 1.807) is 27.7 Å². The summed E-state index contributed by atoms with van der Waals surface area (Å²) in [6.45, 7) is 16.5. The van der Waals surface area contributed by atoms with Crippen LogP contribution in [-0.2, 0) is 39.9 Å². The second kappa shape index (κ2) is 22.9. The standard InChI is InChI=1S/C40H67N5O7/c1-11-14-15-16-20-23-33(46)41-30(24-27(4)5)34(47)44-39(8,12-2)37(50)42-31(25-28(6)7)35(48)45-40(9,13-3)38(51)43-32(36(49)52-10)26-29-21-18-17-19-22-29/h17-19,21-22,27-28,30-32H,11-16,20,23-26H2,1-10H3,(H,41,46)(H,42,50)(H,43,51)(H,44,47)(H,45,48)/t30-,31-,32-,39-,40-/m0/s1. The molecule has 12 nitrogen and oxygen atoms in total. The van der Waals surface area contributed by atoms with Gasteiger partial charge in [0, 0.05) is 12.8 Å². The van der Waals surface area contributed by atoms with Crippen LogP contribution in [0, 0.1) is 11.8 Å². The Balaban J connectivity index is 3.14. The average Bonchev–Trinajstić information content (AvgIpc) is 3.09. The molecule has 0 saturated carbocycles. The van der Waals surface area contributed by atoms with Gasteiger partial charge in [-0.2, -0.15) is 0 Å². The number of esters is 1. The molecule has 0 aliphatic rings. The Morgan fingerprint density at radius 1 is 0.654 bits per heavy atom. The molecule has 0 aromatic heterocycles. The molecule has 294 valence electrons. The molecule has 0 unspecified atom stereocenters. The van der Waals surface area contributed by atoms with Crippen molar-refractivity contribution in [1.29, 1.82) is 0 Å². The number of nitrogens with one attached hydrogen (secondary N) is 5. The molecule has 5 amide bonds. The van der Waals surface area contributed by atoms with Crippen molar-refractivity contribution < 1.29 is 33.5 Å². The third-order valence-corrected chi connectivity index (χ3v) is 9.48. The lowest BCUT2D eigenvalue weighted by molar-refractivity contribution is -0.146. The molecular weight excluding hydrogens is 662 g/mol. The molecule has 0 spiro atoms. The van der Waals surface area contributed by atoms with Crippen molar-refractivity contribution in [2.45, 2.75) is 162 Å². The summed E-state index contributed by atoms with van der Waals surface area (Å²) < 4.78 is 4.95. The van der Waals surface area contributed by atoms with E-state index in [4.69, 9.17) is 4.74 Å². The number of hydrogen-bond donors (Lipinski definition) is 5. The van der Waals surface area contributed by atoms with E-state index in [0.29, 0.717) is 12.8 Å². The molecule has 5 N–H and O–H groups in total. The predicted octanol–water partition coefficient (Wildman–Crippen LogP) is 4.88. The third-order valence-electron chi connectivity index (χ3n) is 9.48. The van der Waals surface area contributed by atoms with Crippen LogP contribution in [-0.4, -0.2) is 71.8 Å². The Morgan fingerprint density at radius 3 is 1.56 bits per heavy atom. The lowest BCUT2D eigenvalue weighted by Crippen LogP contribution is -2.65. The van der Waals surface area contributed by atoms with Crippen LogP contribution in [0.2, 0.25) is 0 Å². The zero-order valence-corrected chi connectivity index (χ0v) is 33.4. The van der Waals surface area contributed by atoms with Crippen molar-refractivity contribution in [2.24, 2.45) is 11.8 Å². The second-order valence-corrected chi connectivity index (χ2v) is 15.2. The highest BCUT2D eigenvalue weighted by Gasteiger charge is 2.41. The van der Waals surface area contributed by atoms with Gasteiger partial charge in [0.05, 0.1) is 7.11 Å². The first-order chi connectivity index (χ1) is 24.4. The summed E-state index contributed by atoms with van der Waals surface area (Å²) in [7, 11) is 1.25. The van der Waals surface area contributed by atoms with Crippen molar-refractivity contribution >= 4 is 35.5 Å². The number of benzene rings is 1. The molecule has 0 aliphatic carbocycles. The molecule has 0 heterocycles. The first-order valence-corrected chi connectivity index (χ1v) is 19.1. The van der Waals surface area contributed by atoms with E-state index in [9.17, 15) is 28.8 Å². The van der Waals surface area contributed by atoms with E-state index in [1.807, 2.05) is 58.0 Å². The summed E-state index contributed by atoms with van der Waals surface area (Å²) in [4.78, 5) is 80.4. The van der Waals surface area contributed by atoms with Crippen LogP contribution in [0.15, 0.2) is 30.3 Å². The molecule has 5 atom stereocenters. The van der Waals surface area contributed by atoms with Gasteiger partial charge in [-0.05, 0) is 63.4 Å². The molecule has 52 heavy (non-hydrogen) atoms. The Hall–Kier alpha value is -3.96. The van der Waals surface area contributed by atoms with Crippen molar-refractivity contribution in [1.82, 2.24) is 26.6 Å². The molecule has 0 fully saturated rings. The van der Waals surface area contributed by atoms with E-state index < -0.39 is 58.8 Å². The molecular formula is C40H67N5O7. The van der Waals surface area contributed by atoms with Crippen molar-refractivity contribution in [3.8, 4) is 0 Å². The molecule has 0 bridgehead atoms. The third kappa shape index (κ3) is 15.7. The average molecular weight is 730 g/mol. The van der Waals surface area contributed by atoms with Crippen LogP contribution in [0.1, 0.15) is 132 Å². The molecule has 1 rings (SSSR count). The van der Waals surface area contributed by atoms with E-state index in [-0.39, 0.29) is 43.4 Å².